The van der Waals surface area contributed by atoms with E-state index in [4.69, 9.17) is 4.74 Å². The second-order valence-corrected chi connectivity index (χ2v) is 10.5. The van der Waals surface area contributed by atoms with E-state index in [-0.39, 0.29) is 11.0 Å². The lowest BCUT2D eigenvalue weighted by Crippen LogP contribution is -2.53. The summed E-state index contributed by atoms with van der Waals surface area (Å²) in [6.07, 6.45) is -0.196. The molecule has 0 amide bonds. The van der Waals surface area contributed by atoms with Crippen molar-refractivity contribution >= 4 is 42.5 Å². The van der Waals surface area contributed by atoms with Crippen molar-refractivity contribution in [3.63, 3.8) is 0 Å². The topological polar surface area (TPSA) is 76.6 Å². The monoisotopic (exact) mass is 416 g/mol. The number of benzene rings is 2. The van der Waals surface area contributed by atoms with Gasteiger partial charge in [-0.3, -0.25) is 0 Å². The van der Waals surface area contributed by atoms with Gasteiger partial charge in [0.2, 0.25) is 0 Å². The fraction of sp³-hybridized carbons (Fsp3) is 0.300. The third-order valence-corrected chi connectivity index (χ3v) is 7.98. The van der Waals surface area contributed by atoms with E-state index in [0.29, 0.717) is 18.7 Å². The maximum atomic E-state index is 12.3. The van der Waals surface area contributed by atoms with Gasteiger partial charge in [0.25, 0.3) is 0 Å². The van der Waals surface area contributed by atoms with Crippen LogP contribution >= 0.6 is 11.3 Å². The maximum Gasteiger partial charge on any atom is 0.338 e. The van der Waals surface area contributed by atoms with Crippen LogP contribution in [-0.2, 0) is 14.6 Å². The number of ether oxygens (including phenoxy) is 1. The molecule has 1 aliphatic rings. The van der Waals surface area contributed by atoms with Crippen LogP contribution in [0.4, 0.5) is 5.13 Å². The zero-order chi connectivity index (χ0) is 19.9. The Hall–Kier alpha value is -2.45. The SMILES string of the molecule is CC(C)S(=O)(=O)c1ccc(C(=O)OC2CN(c3nc4ccccc4s3)C2)cc1. The van der Waals surface area contributed by atoms with Crippen molar-refractivity contribution in [2.24, 2.45) is 0 Å². The molecule has 0 saturated carbocycles. The van der Waals surface area contributed by atoms with Crippen LogP contribution in [0.25, 0.3) is 10.2 Å². The largest absolute Gasteiger partial charge is 0.455 e. The number of hydrogen-bond donors (Lipinski definition) is 0. The molecular formula is C20H20N2O4S2. The van der Waals surface area contributed by atoms with Crippen LogP contribution in [0.3, 0.4) is 0 Å². The molecular weight excluding hydrogens is 396 g/mol. The Morgan fingerprint density at radius 1 is 1.14 bits per heavy atom. The molecule has 8 heteroatoms. The number of carbonyl (C=O) groups excluding carboxylic acids is 1. The molecule has 0 spiro atoms. The van der Waals surface area contributed by atoms with Crippen LogP contribution < -0.4 is 4.90 Å². The van der Waals surface area contributed by atoms with Gasteiger partial charge in [-0.2, -0.15) is 0 Å². The number of esters is 1. The first-order valence-electron chi connectivity index (χ1n) is 9.00. The summed E-state index contributed by atoms with van der Waals surface area (Å²) >= 11 is 1.62. The molecule has 0 radical (unpaired) electrons. The molecule has 4 rings (SSSR count). The smallest absolute Gasteiger partial charge is 0.338 e. The summed E-state index contributed by atoms with van der Waals surface area (Å²) in [7, 11) is -3.35. The van der Waals surface area contributed by atoms with Crippen LogP contribution in [0.5, 0.6) is 0 Å². The van der Waals surface area contributed by atoms with E-state index in [1.807, 2.05) is 24.3 Å². The molecule has 0 bridgehead atoms. The van der Waals surface area contributed by atoms with Crippen LogP contribution in [0.2, 0.25) is 0 Å². The second-order valence-electron chi connectivity index (χ2n) is 7.01. The Bertz CT molecular complexity index is 1080. The van der Waals surface area contributed by atoms with Crippen molar-refractivity contribution in [2.75, 3.05) is 18.0 Å². The summed E-state index contributed by atoms with van der Waals surface area (Å²) in [6.45, 7) is 4.47. The molecule has 0 aliphatic carbocycles. The third-order valence-electron chi connectivity index (χ3n) is 4.71. The number of hydrogen-bond acceptors (Lipinski definition) is 7. The lowest BCUT2D eigenvalue weighted by molar-refractivity contribution is 0.0234. The normalized spacial score (nSPS) is 15.0. The van der Waals surface area contributed by atoms with Gasteiger partial charge in [0.05, 0.1) is 39.0 Å². The van der Waals surface area contributed by atoms with Gasteiger partial charge in [-0.25, -0.2) is 18.2 Å². The van der Waals surface area contributed by atoms with Crippen molar-refractivity contribution < 1.29 is 17.9 Å². The van der Waals surface area contributed by atoms with Gasteiger partial charge < -0.3 is 9.64 Å². The minimum absolute atomic E-state index is 0.196. The number of carbonyl (C=O) groups is 1. The van der Waals surface area contributed by atoms with Crippen LogP contribution in [0.15, 0.2) is 53.4 Å². The number of aromatic nitrogens is 1. The third kappa shape index (κ3) is 3.49. The average Bonchev–Trinajstić information content (AvgIpc) is 3.07. The summed E-state index contributed by atoms with van der Waals surface area (Å²) < 4.78 is 31.0. The van der Waals surface area contributed by atoms with Gasteiger partial charge in [-0.05, 0) is 50.2 Å². The first-order valence-corrected chi connectivity index (χ1v) is 11.4. The molecule has 0 atom stereocenters. The van der Waals surface area contributed by atoms with Gasteiger partial charge in [-0.1, -0.05) is 23.5 Å². The van der Waals surface area contributed by atoms with Crippen LogP contribution in [0, 0.1) is 0 Å². The molecule has 0 unspecified atom stereocenters. The summed E-state index contributed by atoms with van der Waals surface area (Å²) in [5, 5.41) is 0.422. The Kier molecular flexibility index (Phi) is 4.84. The second kappa shape index (κ2) is 7.18. The first kappa shape index (κ1) is 18.9. The van der Waals surface area contributed by atoms with Crippen LogP contribution in [-0.4, -0.2) is 43.8 Å². The van der Waals surface area contributed by atoms with Gasteiger partial charge in [0, 0.05) is 0 Å². The van der Waals surface area contributed by atoms with Gasteiger partial charge in [-0.15, -0.1) is 0 Å². The minimum Gasteiger partial charge on any atom is -0.455 e. The van der Waals surface area contributed by atoms with Gasteiger partial charge in [0.1, 0.15) is 6.10 Å². The zero-order valence-corrected chi connectivity index (χ0v) is 17.2. The lowest BCUT2D eigenvalue weighted by atomic mass is 10.2. The number of para-hydroxylation sites is 1. The molecule has 0 N–H and O–H groups in total. The Morgan fingerprint density at radius 2 is 1.82 bits per heavy atom. The van der Waals surface area contributed by atoms with E-state index < -0.39 is 21.1 Å². The quantitative estimate of drug-likeness (QED) is 0.592. The Labute approximate surface area is 167 Å². The van der Waals surface area contributed by atoms with Crippen LogP contribution in [0.1, 0.15) is 24.2 Å². The predicted octanol–water partition coefficient (Wildman–Crippen LogP) is 3.52. The number of thiazole rings is 1. The van der Waals surface area contributed by atoms with Crippen molar-refractivity contribution in [1.82, 2.24) is 4.98 Å². The standard InChI is InChI=1S/C20H20N2O4S2/c1-13(2)28(24,25)16-9-7-14(8-10-16)19(23)26-15-11-22(12-15)20-21-17-5-3-4-6-18(17)27-20/h3-10,13,15H,11-12H2,1-2H3. The van der Waals surface area contributed by atoms with Gasteiger partial charge >= 0.3 is 5.97 Å². The molecule has 146 valence electrons. The molecule has 1 fully saturated rings. The van der Waals surface area contributed by atoms with Crippen molar-refractivity contribution in [3.05, 3.63) is 54.1 Å². The van der Waals surface area contributed by atoms with Crippen molar-refractivity contribution in [3.8, 4) is 0 Å². The highest BCUT2D eigenvalue weighted by atomic mass is 32.2. The molecule has 1 aromatic heterocycles. The summed E-state index contributed by atoms with van der Waals surface area (Å²) in [6, 6.07) is 13.9. The average molecular weight is 417 g/mol. The number of sulfone groups is 1. The maximum absolute atomic E-state index is 12.3. The van der Waals surface area contributed by atoms with E-state index in [1.54, 1.807) is 25.2 Å². The molecule has 28 heavy (non-hydrogen) atoms. The first-order chi connectivity index (χ1) is 13.3. The number of fused-ring (bicyclic) bond motifs is 1. The van der Waals surface area contributed by atoms with E-state index in [0.717, 1.165) is 15.3 Å². The van der Waals surface area contributed by atoms with Crippen molar-refractivity contribution in [1.29, 1.82) is 0 Å². The highest BCUT2D eigenvalue weighted by molar-refractivity contribution is 7.92. The Balaban J connectivity index is 1.36. The Morgan fingerprint density at radius 3 is 2.46 bits per heavy atom. The fourth-order valence-corrected chi connectivity index (χ4v) is 4.98. The predicted molar refractivity (Wildman–Crippen MR) is 110 cm³/mol. The van der Waals surface area contributed by atoms with Gasteiger partial charge in [0.15, 0.2) is 15.0 Å². The number of nitrogens with zero attached hydrogens (tertiary/aromatic N) is 2. The molecule has 1 aliphatic heterocycles. The summed E-state index contributed by atoms with van der Waals surface area (Å²) in [4.78, 5) is 19.2. The van der Waals surface area contributed by atoms with Crippen molar-refractivity contribution in [2.45, 2.75) is 30.1 Å². The summed E-state index contributed by atoms with van der Waals surface area (Å²) in [5.74, 6) is -0.442. The minimum atomic E-state index is -3.35. The number of rotatable bonds is 5. The lowest BCUT2D eigenvalue weighted by Gasteiger charge is -2.38. The summed E-state index contributed by atoms with van der Waals surface area (Å²) in [5.41, 5.74) is 1.32. The molecule has 2 heterocycles. The molecule has 2 aromatic carbocycles. The molecule has 6 nitrogen and oxygen atoms in total. The highest BCUT2D eigenvalue weighted by Gasteiger charge is 2.32. The highest BCUT2D eigenvalue weighted by Crippen LogP contribution is 2.32. The fourth-order valence-electron chi connectivity index (χ4n) is 2.94. The van der Waals surface area contributed by atoms with E-state index in [2.05, 4.69) is 9.88 Å². The van der Waals surface area contributed by atoms with E-state index in [9.17, 15) is 13.2 Å². The van der Waals surface area contributed by atoms with E-state index >= 15 is 0 Å². The molecule has 3 aromatic rings. The molecule has 1 saturated heterocycles. The van der Waals surface area contributed by atoms with E-state index in [1.165, 1.54) is 24.3 Å². The zero-order valence-electron chi connectivity index (χ0n) is 15.5. The number of anilines is 1.